The molecule has 2 aromatic carbocycles. The van der Waals surface area contributed by atoms with Crippen LogP contribution in [0.3, 0.4) is 0 Å². The minimum atomic E-state index is -2.19. The number of allylic oxidation sites excluding steroid dienone is 1. The number of para-hydroxylation sites is 1. The van der Waals surface area contributed by atoms with Gasteiger partial charge < -0.3 is 20.5 Å². The van der Waals surface area contributed by atoms with Crippen molar-refractivity contribution in [3.8, 4) is 5.75 Å². The maximum atomic E-state index is 13.4. The number of nitrogens with one attached hydrogen (secondary N) is 2. The summed E-state index contributed by atoms with van der Waals surface area (Å²) in [6.45, 7) is 2.79. The molecule has 3 amide bonds. The van der Waals surface area contributed by atoms with E-state index in [9.17, 15) is 14.7 Å². The number of ether oxygens (including phenoxy) is 1. The molecule has 1 aliphatic heterocycles. The second-order valence-electron chi connectivity index (χ2n) is 8.02. The number of amides is 3. The number of hydrogen-bond acceptors (Lipinski definition) is 4. The summed E-state index contributed by atoms with van der Waals surface area (Å²) in [5, 5.41) is 17.4. The first-order chi connectivity index (χ1) is 15.5. The number of nitrogens with zero attached hydrogens (tertiary/aromatic N) is 1. The molecule has 2 aliphatic rings. The molecular weight excluding hydrogens is 406 g/mol. The average molecular weight is 436 g/mol. The molecular formula is C25H29N3O4. The average Bonchev–Trinajstić information content (AvgIpc) is 2.81. The van der Waals surface area contributed by atoms with E-state index in [2.05, 4.69) is 16.7 Å². The first kappa shape index (κ1) is 21.9. The van der Waals surface area contributed by atoms with Crippen molar-refractivity contribution in [3.63, 3.8) is 0 Å². The van der Waals surface area contributed by atoms with Crippen LogP contribution in [0, 0.1) is 0 Å². The SMILES string of the molecule is CCOc1ccc(N2C(=O)Nc3ccccc3[C@@]2(O)C(=O)NCCC2=CCCCC2)cc1. The molecule has 7 nitrogen and oxygen atoms in total. The molecule has 0 spiro atoms. The first-order valence-corrected chi connectivity index (χ1v) is 11.2. The van der Waals surface area contributed by atoms with Crippen LogP contribution in [0.15, 0.2) is 60.2 Å². The van der Waals surface area contributed by atoms with Gasteiger partial charge in [0.05, 0.1) is 12.3 Å². The Morgan fingerprint density at radius 2 is 1.97 bits per heavy atom. The van der Waals surface area contributed by atoms with Gasteiger partial charge in [-0.3, -0.25) is 9.69 Å². The summed E-state index contributed by atoms with van der Waals surface area (Å²) in [7, 11) is 0. The zero-order valence-corrected chi connectivity index (χ0v) is 18.3. The van der Waals surface area contributed by atoms with E-state index in [1.807, 2.05) is 6.92 Å². The predicted molar refractivity (Wildman–Crippen MR) is 124 cm³/mol. The van der Waals surface area contributed by atoms with E-state index in [0.29, 0.717) is 35.8 Å². The molecule has 1 atom stereocenters. The van der Waals surface area contributed by atoms with Gasteiger partial charge in [0.2, 0.25) is 0 Å². The summed E-state index contributed by atoms with van der Waals surface area (Å²) in [6, 6.07) is 13.0. The van der Waals surface area contributed by atoms with E-state index in [0.717, 1.165) is 24.2 Å². The van der Waals surface area contributed by atoms with E-state index in [1.54, 1.807) is 48.5 Å². The molecule has 0 saturated heterocycles. The van der Waals surface area contributed by atoms with Crippen molar-refractivity contribution in [1.82, 2.24) is 5.32 Å². The maximum Gasteiger partial charge on any atom is 0.329 e. The third-order valence-corrected chi connectivity index (χ3v) is 5.91. The van der Waals surface area contributed by atoms with Crippen molar-refractivity contribution in [2.75, 3.05) is 23.4 Å². The van der Waals surface area contributed by atoms with Crippen LogP contribution >= 0.6 is 0 Å². The van der Waals surface area contributed by atoms with Crippen LogP contribution in [-0.2, 0) is 10.5 Å². The van der Waals surface area contributed by atoms with Gasteiger partial charge in [-0.1, -0.05) is 29.8 Å². The summed E-state index contributed by atoms with van der Waals surface area (Å²) >= 11 is 0. The van der Waals surface area contributed by atoms with Crippen molar-refractivity contribution in [1.29, 1.82) is 0 Å². The summed E-state index contributed by atoms with van der Waals surface area (Å²) in [6.07, 6.45) is 7.47. The monoisotopic (exact) mass is 435 g/mol. The van der Waals surface area contributed by atoms with Crippen molar-refractivity contribution >= 4 is 23.3 Å². The Balaban J connectivity index is 1.64. The fraction of sp³-hybridized carbons (Fsp3) is 0.360. The van der Waals surface area contributed by atoms with Crippen molar-refractivity contribution in [3.05, 3.63) is 65.7 Å². The fourth-order valence-corrected chi connectivity index (χ4v) is 4.31. The molecule has 0 radical (unpaired) electrons. The van der Waals surface area contributed by atoms with Crippen LogP contribution in [0.25, 0.3) is 0 Å². The molecule has 32 heavy (non-hydrogen) atoms. The lowest BCUT2D eigenvalue weighted by molar-refractivity contribution is -0.140. The van der Waals surface area contributed by atoms with Gasteiger partial charge in [0.25, 0.3) is 11.6 Å². The van der Waals surface area contributed by atoms with Gasteiger partial charge in [-0.05, 0) is 69.4 Å². The highest BCUT2D eigenvalue weighted by atomic mass is 16.5. The Labute approximate surface area is 188 Å². The Morgan fingerprint density at radius 1 is 1.19 bits per heavy atom. The first-order valence-electron chi connectivity index (χ1n) is 11.2. The number of aliphatic hydroxyl groups is 1. The zero-order chi connectivity index (χ0) is 22.6. The standard InChI is InChI=1S/C25H29N3O4/c1-2-32-20-14-12-19(13-15-20)28-24(30)27-22-11-7-6-10-21(22)25(28,31)23(29)26-17-16-18-8-4-3-5-9-18/h6-8,10-15,31H,2-5,9,16-17H2,1H3,(H,26,29)(H,27,30)/t25-/m1/s1. The summed E-state index contributed by atoms with van der Waals surface area (Å²) in [4.78, 5) is 27.5. The summed E-state index contributed by atoms with van der Waals surface area (Å²) in [5.41, 5.74) is 0.254. The zero-order valence-electron chi connectivity index (χ0n) is 18.3. The lowest BCUT2D eigenvalue weighted by atomic mass is 9.94. The molecule has 1 heterocycles. The van der Waals surface area contributed by atoms with E-state index in [4.69, 9.17) is 4.74 Å². The molecule has 0 bridgehead atoms. The molecule has 0 fully saturated rings. The van der Waals surface area contributed by atoms with Crippen LogP contribution in [-0.4, -0.2) is 30.2 Å². The molecule has 0 unspecified atom stereocenters. The Morgan fingerprint density at radius 3 is 2.69 bits per heavy atom. The van der Waals surface area contributed by atoms with Gasteiger partial charge in [-0.2, -0.15) is 0 Å². The lowest BCUT2D eigenvalue weighted by Crippen LogP contribution is -2.62. The minimum Gasteiger partial charge on any atom is -0.494 e. The summed E-state index contributed by atoms with van der Waals surface area (Å²) in [5.74, 6) is 0.00732. The van der Waals surface area contributed by atoms with Gasteiger partial charge in [-0.15, -0.1) is 0 Å². The highest BCUT2D eigenvalue weighted by Crippen LogP contribution is 2.40. The quantitative estimate of drug-likeness (QED) is 0.566. The van der Waals surface area contributed by atoms with Gasteiger partial charge in [0.1, 0.15) is 5.75 Å². The van der Waals surface area contributed by atoms with Gasteiger partial charge >= 0.3 is 6.03 Å². The Bertz CT molecular complexity index is 1020. The summed E-state index contributed by atoms with van der Waals surface area (Å²) < 4.78 is 5.48. The topological polar surface area (TPSA) is 90.9 Å². The van der Waals surface area contributed by atoms with Crippen molar-refractivity contribution < 1.29 is 19.4 Å². The van der Waals surface area contributed by atoms with E-state index < -0.39 is 17.7 Å². The molecule has 1 aliphatic carbocycles. The number of rotatable bonds is 7. The number of benzene rings is 2. The molecule has 0 saturated carbocycles. The van der Waals surface area contributed by atoms with Gasteiger partial charge in [0.15, 0.2) is 0 Å². The number of hydrogen-bond donors (Lipinski definition) is 3. The van der Waals surface area contributed by atoms with Gasteiger partial charge in [-0.25, -0.2) is 4.79 Å². The van der Waals surface area contributed by atoms with Crippen LogP contribution in [0.1, 0.15) is 44.6 Å². The smallest absolute Gasteiger partial charge is 0.329 e. The van der Waals surface area contributed by atoms with Crippen LogP contribution in [0.5, 0.6) is 5.75 Å². The number of fused-ring (bicyclic) bond motifs is 1. The molecule has 0 aromatic heterocycles. The number of anilines is 2. The van der Waals surface area contributed by atoms with Crippen LogP contribution in [0.2, 0.25) is 0 Å². The molecule has 3 N–H and O–H groups in total. The van der Waals surface area contributed by atoms with Crippen LogP contribution in [0.4, 0.5) is 16.2 Å². The number of urea groups is 1. The Kier molecular flexibility index (Phi) is 6.46. The highest BCUT2D eigenvalue weighted by molar-refractivity contribution is 6.11. The lowest BCUT2D eigenvalue weighted by Gasteiger charge is -2.42. The normalized spacial score (nSPS) is 20.1. The molecule has 4 rings (SSSR count). The third kappa shape index (κ3) is 4.21. The van der Waals surface area contributed by atoms with Crippen molar-refractivity contribution in [2.24, 2.45) is 0 Å². The molecule has 7 heteroatoms. The fourth-order valence-electron chi connectivity index (χ4n) is 4.31. The largest absolute Gasteiger partial charge is 0.494 e. The predicted octanol–water partition coefficient (Wildman–Crippen LogP) is 4.29. The van der Waals surface area contributed by atoms with Crippen molar-refractivity contribution in [2.45, 2.75) is 44.8 Å². The van der Waals surface area contributed by atoms with Gasteiger partial charge in [0, 0.05) is 17.8 Å². The van der Waals surface area contributed by atoms with Crippen LogP contribution < -0.4 is 20.3 Å². The second-order valence-corrected chi connectivity index (χ2v) is 8.02. The number of carbonyl (C=O) groups is 2. The third-order valence-electron chi connectivity index (χ3n) is 5.91. The maximum absolute atomic E-state index is 13.4. The Hall–Kier alpha value is -3.32. The second kappa shape index (κ2) is 9.44. The highest BCUT2D eigenvalue weighted by Gasteiger charge is 2.51. The minimum absolute atomic E-state index is 0.322. The molecule has 2 aromatic rings. The number of carbonyl (C=O) groups excluding carboxylic acids is 2. The molecule has 168 valence electrons. The van der Waals surface area contributed by atoms with E-state index >= 15 is 0 Å². The van der Waals surface area contributed by atoms with E-state index in [1.165, 1.54) is 18.4 Å². The van der Waals surface area contributed by atoms with E-state index in [-0.39, 0.29) is 0 Å².